The van der Waals surface area contributed by atoms with Crippen LogP contribution < -0.4 is 4.90 Å². The molecule has 10 aromatic carbocycles. The van der Waals surface area contributed by atoms with Gasteiger partial charge >= 0.3 is 0 Å². The number of benzene rings is 10. The molecule has 0 aliphatic rings. The Balaban J connectivity index is 1.22. The van der Waals surface area contributed by atoms with Gasteiger partial charge in [0.15, 0.2) is 0 Å². The minimum Gasteiger partial charge on any atom is -0.456 e. The molecule has 0 N–H and O–H groups in total. The predicted molar refractivity (Wildman–Crippen MR) is 229 cm³/mol. The number of nitrogens with zero attached hydrogens (tertiary/aromatic N) is 1. The fourth-order valence-corrected chi connectivity index (χ4v) is 8.51. The summed E-state index contributed by atoms with van der Waals surface area (Å²) in [5.74, 6) is 0. The van der Waals surface area contributed by atoms with Crippen LogP contribution in [-0.4, -0.2) is 0 Å². The minimum atomic E-state index is 0.897. The van der Waals surface area contributed by atoms with Gasteiger partial charge in [-0.3, -0.25) is 0 Å². The molecule has 0 bridgehead atoms. The van der Waals surface area contributed by atoms with Crippen molar-refractivity contribution in [2.75, 3.05) is 4.90 Å². The Hall–Kier alpha value is -7.16. The van der Waals surface area contributed by atoms with Gasteiger partial charge in [0, 0.05) is 27.4 Å². The molecule has 11 aromatic rings. The predicted octanol–water partition coefficient (Wildman–Crippen LogP) is 15.0. The first-order valence-electron chi connectivity index (χ1n) is 18.5. The Morgan fingerprint density at radius 1 is 0.296 bits per heavy atom. The van der Waals surface area contributed by atoms with Gasteiger partial charge in [0.2, 0.25) is 0 Å². The maximum atomic E-state index is 6.37. The molecule has 0 aliphatic carbocycles. The van der Waals surface area contributed by atoms with E-state index in [0.29, 0.717) is 0 Å². The Morgan fingerprint density at radius 2 is 0.926 bits per heavy atom. The average molecular weight is 688 g/mol. The van der Waals surface area contributed by atoms with Gasteiger partial charge < -0.3 is 9.32 Å². The van der Waals surface area contributed by atoms with Crippen LogP contribution in [0.5, 0.6) is 0 Å². The van der Waals surface area contributed by atoms with Crippen LogP contribution in [0.3, 0.4) is 0 Å². The summed E-state index contributed by atoms with van der Waals surface area (Å²) in [6.07, 6.45) is 0. The van der Waals surface area contributed by atoms with Crippen molar-refractivity contribution in [1.29, 1.82) is 0 Å². The van der Waals surface area contributed by atoms with Gasteiger partial charge in [-0.15, -0.1) is 0 Å². The number of fused-ring (bicyclic) bond motifs is 9. The zero-order valence-electron chi connectivity index (χ0n) is 29.4. The summed E-state index contributed by atoms with van der Waals surface area (Å²) in [4.78, 5) is 2.47. The maximum Gasteiger partial charge on any atom is 0.136 e. The summed E-state index contributed by atoms with van der Waals surface area (Å²) in [5, 5.41) is 12.0. The van der Waals surface area contributed by atoms with E-state index in [4.69, 9.17) is 4.42 Å². The molecular formula is C52H33NO. The summed E-state index contributed by atoms with van der Waals surface area (Å²) < 4.78 is 6.37. The lowest BCUT2D eigenvalue weighted by atomic mass is 9.92. The van der Waals surface area contributed by atoms with Crippen molar-refractivity contribution < 1.29 is 4.42 Å². The van der Waals surface area contributed by atoms with Crippen molar-refractivity contribution in [3.63, 3.8) is 0 Å². The monoisotopic (exact) mass is 687 g/mol. The number of anilines is 3. The third-order valence-electron chi connectivity index (χ3n) is 11.0. The summed E-state index contributed by atoms with van der Waals surface area (Å²) in [6.45, 7) is 0. The van der Waals surface area contributed by atoms with Crippen LogP contribution in [0.25, 0.3) is 87.3 Å². The standard InChI is InChI=1S/C52H33NO/c1-2-13-34(14-3-1)39-18-6-7-19-41(39)44-20-8-10-22-49(44)53(50-23-12-16-37-31-52-48(33-47(37)50)45-21-9-11-24-51(45)54-52)38-28-25-36-27-29-42-40-17-5-4-15-35(40)26-30-43(42)46(36)32-38/h1-33H. The summed E-state index contributed by atoms with van der Waals surface area (Å²) in [5.41, 5.74) is 9.84. The molecule has 1 aromatic heterocycles. The quantitative estimate of drug-likeness (QED) is 0.168. The van der Waals surface area contributed by atoms with Gasteiger partial charge in [0.05, 0.1) is 11.4 Å². The van der Waals surface area contributed by atoms with E-state index in [2.05, 4.69) is 199 Å². The number of hydrogen-bond acceptors (Lipinski definition) is 2. The van der Waals surface area contributed by atoms with Crippen molar-refractivity contribution in [2.24, 2.45) is 0 Å². The highest BCUT2D eigenvalue weighted by molar-refractivity contribution is 6.18. The van der Waals surface area contributed by atoms with Gasteiger partial charge in [0.1, 0.15) is 11.2 Å². The Labute approximate surface area is 312 Å². The molecule has 2 heteroatoms. The molecule has 0 amide bonds. The largest absolute Gasteiger partial charge is 0.456 e. The molecule has 252 valence electrons. The third kappa shape index (κ3) is 4.81. The van der Waals surface area contributed by atoms with E-state index in [1.165, 1.54) is 49.0 Å². The maximum absolute atomic E-state index is 6.37. The first-order valence-corrected chi connectivity index (χ1v) is 18.5. The van der Waals surface area contributed by atoms with Gasteiger partial charge in [-0.25, -0.2) is 0 Å². The number of para-hydroxylation sites is 2. The number of hydrogen-bond donors (Lipinski definition) is 0. The SMILES string of the molecule is c1ccc(-c2ccccc2-c2ccccc2N(c2ccc3ccc4c5ccccc5ccc4c3c2)c2cccc3cc4oc5ccccc5c4cc23)cc1. The lowest BCUT2D eigenvalue weighted by molar-refractivity contribution is 0.669. The third-order valence-corrected chi connectivity index (χ3v) is 11.0. The average Bonchev–Trinajstić information content (AvgIpc) is 3.61. The molecule has 2 nitrogen and oxygen atoms in total. The smallest absolute Gasteiger partial charge is 0.136 e. The molecule has 0 atom stereocenters. The van der Waals surface area contributed by atoms with E-state index >= 15 is 0 Å². The van der Waals surface area contributed by atoms with Crippen LogP contribution in [-0.2, 0) is 0 Å². The molecule has 0 unspecified atom stereocenters. The highest BCUT2D eigenvalue weighted by atomic mass is 16.3. The van der Waals surface area contributed by atoms with Crippen LogP contribution >= 0.6 is 0 Å². The molecule has 11 rings (SSSR count). The van der Waals surface area contributed by atoms with E-state index in [1.807, 2.05) is 6.07 Å². The Kier molecular flexibility index (Phi) is 6.90. The van der Waals surface area contributed by atoms with Crippen molar-refractivity contribution in [2.45, 2.75) is 0 Å². The van der Waals surface area contributed by atoms with Crippen LogP contribution in [0.4, 0.5) is 17.1 Å². The van der Waals surface area contributed by atoms with Gasteiger partial charge in [-0.05, 0) is 96.9 Å². The zero-order valence-corrected chi connectivity index (χ0v) is 29.4. The molecule has 1 heterocycles. The summed E-state index contributed by atoms with van der Waals surface area (Å²) in [7, 11) is 0. The van der Waals surface area contributed by atoms with Crippen molar-refractivity contribution in [1.82, 2.24) is 0 Å². The van der Waals surface area contributed by atoms with Crippen molar-refractivity contribution >= 4 is 82.1 Å². The Morgan fingerprint density at radius 3 is 1.80 bits per heavy atom. The Bertz CT molecular complexity index is 3230. The van der Waals surface area contributed by atoms with Crippen LogP contribution in [0.15, 0.2) is 205 Å². The molecular weight excluding hydrogens is 655 g/mol. The van der Waals surface area contributed by atoms with Gasteiger partial charge in [-0.2, -0.15) is 0 Å². The fraction of sp³-hybridized carbons (Fsp3) is 0. The lowest BCUT2D eigenvalue weighted by Crippen LogP contribution is -2.12. The second kappa shape index (κ2) is 12.2. The van der Waals surface area contributed by atoms with E-state index in [1.54, 1.807) is 0 Å². The highest BCUT2D eigenvalue weighted by Crippen LogP contribution is 2.47. The highest BCUT2D eigenvalue weighted by Gasteiger charge is 2.22. The first-order chi connectivity index (χ1) is 26.8. The normalized spacial score (nSPS) is 11.7. The molecule has 0 fully saturated rings. The van der Waals surface area contributed by atoms with E-state index in [9.17, 15) is 0 Å². The van der Waals surface area contributed by atoms with Crippen LogP contribution in [0.1, 0.15) is 0 Å². The van der Waals surface area contributed by atoms with E-state index in [-0.39, 0.29) is 0 Å². The molecule has 0 radical (unpaired) electrons. The summed E-state index contributed by atoms with van der Waals surface area (Å²) in [6, 6.07) is 72.5. The molecule has 0 spiro atoms. The molecule has 0 aliphatic heterocycles. The number of furan rings is 1. The van der Waals surface area contributed by atoms with Crippen LogP contribution in [0, 0.1) is 0 Å². The minimum absolute atomic E-state index is 0.897. The molecule has 54 heavy (non-hydrogen) atoms. The van der Waals surface area contributed by atoms with Crippen molar-refractivity contribution in [3.8, 4) is 22.3 Å². The van der Waals surface area contributed by atoms with E-state index < -0.39 is 0 Å². The fourth-order valence-electron chi connectivity index (χ4n) is 8.51. The second-order valence-corrected chi connectivity index (χ2v) is 14.1. The van der Waals surface area contributed by atoms with Gasteiger partial charge in [-0.1, -0.05) is 158 Å². The number of rotatable bonds is 5. The first kappa shape index (κ1) is 30.5. The van der Waals surface area contributed by atoms with E-state index in [0.717, 1.165) is 55.3 Å². The lowest BCUT2D eigenvalue weighted by Gasteiger charge is -2.30. The zero-order chi connectivity index (χ0) is 35.6. The second-order valence-electron chi connectivity index (χ2n) is 14.1. The topological polar surface area (TPSA) is 16.4 Å². The van der Waals surface area contributed by atoms with Gasteiger partial charge in [0.25, 0.3) is 0 Å². The molecule has 0 saturated heterocycles. The van der Waals surface area contributed by atoms with Crippen molar-refractivity contribution in [3.05, 3.63) is 200 Å². The van der Waals surface area contributed by atoms with Crippen LogP contribution in [0.2, 0.25) is 0 Å². The summed E-state index contributed by atoms with van der Waals surface area (Å²) >= 11 is 0. The molecule has 0 saturated carbocycles.